The summed E-state index contributed by atoms with van der Waals surface area (Å²) in [5.74, 6) is -0.161. The third-order valence-corrected chi connectivity index (χ3v) is 11.6. The Kier molecular flexibility index (Phi) is 7.78. The monoisotopic (exact) mass is 629 g/mol. The Labute approximate surface area is 264 Å². The fourth-order valence-corrected chi connectivity index (χ4v) is 9.07. The number of carbonyl (C=O) groups is 1. The molecule has 3 aliphatic rings. The van der Waals surface area contributed by atoms with Gasteiger partial charge in [-0.1, -0.05) is 42.5 Å². The van der Waals surface area contributed by atoms with Crippen molar-refractivity contribution in [3.05, 3.63) is 95.6 Å². The van der Waals surface area contributed by atoms with E-state index in [-0.39, 0.29) is 16.9 Å². The number of imidazole rings is 1. The summed E-state index contributed by atoms with van der Waals surface area (Å²) < 4.78 is 40.3. The zero-order chi connectivity index (χ0) is 31.3. The van der Waals surface area contributed by atoms with Crippen LogP contribution in [0.2, 0.25) is 0 Å². The number of hydrogen-bond donors (Lipinski definition) is 1. The molecule has 8 nitrogen and oxygen atoms in total. The highest BCUT2D eigenvalue weighted by molar-refractivity contribution is 7.89. The number of nitrogens with zero attached hydrogens (tertiary/aromatic N) is 4. The molecule has 0 aliphatic carbocycles. The highest BCUT2D eigenvalue weighted by Gasteiger charge is 2.44. The molecule has 1 amide bonds. The molecule has 0 saturated carbocycles. The average Bonchev–Trinajstić information content (AvgIpc) is 3.50. The molecule has 3 saturated heterocycles. The van der Waals surface area contributed by atoms with Gasteiger partial charge in [-0.3, -0.25) is 9.69 Å². The molecule has 2 bridgehead atoms. The summed E-state index contributed by atoms with van der Waals surface area (Å²) in [7, 11) is -4.28. The Bertz CT molecular complexity index is 1820. The van der Waals surface area contributed by atoms with E-state index in [1.54, 1.807) is 4.90 Å². The number of benzene rings is 3. The number of fused-ring (bicyclic) bond motifs is 3. The second kappa shape index (κ2) is 11.6. The van der Waals surface area contributed by atoms with E-state index in [0.29, 0.717) is 31.2 Å². The quantitative estimate of drug-likeness (QED) is 0.288. The van der Waals surface area contributed by atoms with Crippen molar-refractivity contribution in [2.45, 2.75) is 80.3 Å². The minimum Gasteiger partial charge on any atom is -0.339 e. The molecule has 45 heavy (non-hydrogen) atoms. The molecule has 2 N–H and O–H groups in total. The summed E-state index contributed by atoms with van der Waals surface area (Å²) in [6.45, 7) is 4.23. The average molecular weight is 630 g/mol. The van der Waals surface area contributed by atoms with Gasteiger partial charge >= 0.3 is 0 Å². The fourth-order valence-electron chi connectivity index (χ4n) is 8.44. The molecule has 4 heterocycles. The smallest absolute Gasteiger partial charge is 0.253 e. The van der Waals surface area contributed by atoms with Gasteiger partial charge in [0.1, 0.15) is 16.5 Å². The molecule has 0 unspecified atom stereocenters. The van der Waals surface area contributed by atoms with E-state index >= 15 is 0 Å². The van der Waals surface area contributed by atoms with Gasteiger partial charge in [0.2, 0.25) is 10.0 Å². The van der Waals surface area contributed by atoms with Crippen molar-refractivity contribution in [3.63, 3.8) is 0 Å². The highest BCUT2D eigenvalue weighted by atomic mass is 32.2. The Hall–Kier alpha value is -3.60. The molecule has 3 aliphatic heterocycles. The van der Waals surface area contributed by atoms with Gasteiger partial charge < -0.3 is 9.47 Å². The summed E-state index contributed by atoms with van der Waals surface area (Å²) >= 11 is 0. The number of para-hydroxylation sites is 2. The lowest BCUT2D eigenvalue weighted by atomic mass is 9.70. The van der Waals surface area contributed by atoms with Crippen LogP contribution in [0.3, 0.4) is 0 Å². The van der Waals surface area contributed by atoms with Crippen LogP contribution < -0.4 is 5.14 Å². The predicted octanol–water partition coefficient (Wildman–Crippen LogP) is 5.56. The van der Waals surface area contributed by atoms with E-state index in [1.165, 1.54) is 30.0 Å². The number of primary sulfonamides is 1. The number of likely N-dealkylation sites (tertiary alicyclic amines) is 1. The predicted molar refractivity (Wildman–Crippen MR) is 172 cm³/mol. The van der Waals surface area contributed by atoms with Crippen LogP contribution in [-0.2, 0) is 15.4 Å². The van der Waals surface area contributed by atoms with Crippen LogP contribution in [0.4, 0.5) is 4.39 Å². The van der Waals surface area contributed by atoms with Crippen molar-refractivity contribution < 1.29 is 17.6 Å². The SMILES string of the molecule is Cc1nc2ccccc2n1[C@H]1C[C@H]2CC[C@@H](C1)N2CCC1(c2ccccc2)CCN(C(=O)c2ccc(F)c(S(N)(=O)=O)c2)CC1. The number of sulfonamides is 1. The van der Waals surface area contributed by atoms with E-state index in [4.69, 9.17) is 10.1 Å². The van der Waals surface area contributed by atoms with Crippen LogP contribution in [0.15, 0.2) is 77.7 Å². The van der Waals surface area contributed by atoms with Gasteiger partial charge in [-0.2, -0.15) is 0 Å². The molecule has 0 spiro atoms. The first-order chi connectivity index (χ1) is 21.6. The van der Waals surface area contributed by atoms with Crippen LogP contribution in [0.5, 0.6) is 0 Å². The van der Waals surface area contributed by atoms with Crippen LogP contribution in [0.25, 0.3) is 11.0 Å². The van der Waals surface area contributed by atoms with Crippen LogP contribution in [0, 0.1) is 12.7 Å². The second-order valence-corrected chi connectivity index (χ2v) is 14.7. The van der Waals surface area contributed by atoms with Crippen LogP contribution in [-0.4, -0.2) is 65.4 Å². The van der Waals surface area contributed by atoms with Crippen molar-refractivity contribution in [2.75, 3.05) is 19.6 Å². The van der Waals surface area contributed by atoms with Gasteiger partial charge in [0.15, 0.2) is 0 Å². The first-order valence-corrected chi connectivity index (χ1v) is 17.5. The first-order valence-electron chi connectivity index (χ1n) is 16.0. The van der Waals surface area contributed by atoms with Crippen molar-refractivity contribution in [3.8, 4) is 0 Å². The van der Waals surface area contributed by atoms with E-state index in [2.05, 4.69) is 64.9 Å². The number of aryl methyl sites for hydroxylation is 1. The maximum absolute atomic E-state index is 14.1. The van der Waals surface area contributed by atoms with Crippen LogP contribution >= 0.6 is 0 Å². The van der Waals surface area contributed by atoms with E-state index in [0.717, 1.165) is 62.1 Å². The number of halogens is 1. The van der Waals surface area contributed by atoms with Gasteiger partial charge in [-0.15, -0.1) is 0 Å². The van der Waals surface area contributed by atoms with Gasteiger partial charge in [-0.05, 0) is 99.7 Å². The molecule has 10 heteroatoms. The summed E-state index contributed by atoms with van der Waals surface area (Å²) in [6.07, 6.45) is 7.34. The minimum atomic E-state index is -4.28. The maximum atomic E-state index is 14.1. The van der Waals surface area contributed by atoms with E-state index in [1.807, 2.05) is 6.07 Å². The number of amides is 1. The topological polar surface area (TPSA) is 102 Å². The lowest BCUT2D eigenvalue weighted by Crippen LogP contribution is -2.49. The van der Waals surface area contributed by atoms with Crippen LogP contribution in [0.1, 0.15) is 72.7 Å². The Morgan fingerprint density at radius 1 is 0.956 bits per heavy atom. The van der Waals surface area contributed by atoms with Gasteiger partial charge in [0.05, 0.1) is 11.0 Å². The zero-order valence-corrected chi connectivity index (χ0v) is 26.4. The number of nitrogens with two attached hydrogens (primary N) is 1. The third kappa shape index (κ3) is 5.57. The summed E-state index contributed by atoms with van der Waals surface area (Å²) in [4.78, 5) is 22.1. The minimum absolute atomic E-state index is 0.0694. The molecule has 0 radical (unpaired) electrons. The van der Waals surface area contributed by atoms with E-state index < -0.39 is 20.7 Å². The Morgan fingerprint density at radius 3 is 2.31 bits per heavy atom. The lowest BCUT2D eigenvalue weighted by Gasteiger charge is -2.45. The number of hydrogen-bond acceptors (Lipinski definition) is 5. The highest BCUT2D eigenvalue weighted by Crippen LogP contribution is 2.45. The fraction of sp³-hybridized carbons (Fsp3) is 0.429. The maximum Gasteiger partial charge on any atom is 0.253 e. The summed E-state index contributed by atoms with van der Waals surface area (Å²) in [5, 5.41) is 5.18. The number of piperidine rings is 2. The van der Waals surface area contributed by atoms with Crippen molar-refractivity contribution in [1.29, 1.82) is 0 Å². The van der Waals surface area contributed by atoms with Crippen molar-refractivity contribution in [1.82, 2.24) is 19.4 Å². The molecule has 236 valence electrons. The Morgan fingerprint density at radius 2 is 1.62 bits per heavy atom. The third-order valence-electron chi connectivity index (χ3n) is 10.7. The van der Waals surface area contributed by atoms with Crippen molar-refractivity contribution >= 4 is 27.0 Å². The number of aromatic nitrogens is 2. The molecule has 3 fully saturated rings. The molecular weight excluding hydrogens is 589 g/mol. The largest absolute Gasteiger partial charge is 0.339 e. The molecule has 3 atom stereocenters. The molecule has 4 aromatic rings. The normalized spacial score (nSPS) is 23.4. The van der Waals surface area contributed by atoms with Gasteiger partial charge in [0.25, 0.3) is 5.91 Å². The van der Waals surface area contributed by atoms with E-state index in [9.17, 15) is 17.6 Å². The zero-order valence-electron chi connectivity index (χ0n) is 25.6. The lowest BCUT2D eigenvalue weighted by molar-refractivity contribution is 0.0606. The van der Waals surface area contributed by atoms with Gasteiger partial charge in [0, 0.05) is 36.8 Å². The number of rotatable bonds is 7. The standard InChI is InChI=1S/C35H40FN5O3S/c1-24-38-31-9-5-6-10-32(31)41(24)29-22-27-12-13-28(23-29)40(27)20-17-35(26-7-3-2-4-8-26)15-18-39(19-16-35)34(42)25-11-14-30(36)33(21-25)45(37,43)44/h2-11,14,21,27-29H,12-13,15-20,22-23H2,1H3,(H2,37,43,44)/t27-,28+,29+. The summed E-state index contributed by atoms with van der Waals surface area (Å²) in [6, 6.07) is 24.1. The van der Waals surface area contributed by atoms with Crippen molar-refractivity contribution in [2.24, 2.45) is 5.14 Å². The molecule has 1 aromatic heterocycles. The van der Waals surface area contributed by atoms with Gasteiger partial charge in [-0.25, -0.2) is 22.9 Å². The summed E-state index contributed by atoms with van der Waals surface area (Å²) in [5.41, 5.74) is 3.67. The molecular formula is C35H40FN5O3S. The molecule has 3 aromatic carbocycles. The Balaban J connectivity index is 1.06. The second-order valence-electron chi connectivity index (χ2n) is 13.1. The number of carbonyl (C=O) groups excluding carboxylic acids is 1. The molecule has 7 rings (SSSR count). The first kappa shape index (κ1) is 30.1.